The van der Waals surface area contributed by atoms with Crippen LogP contribution in [-0.2, 0) is 14.3 Å². The van der Waals surface area contributed by atoms with Crippen molar-refractivity contribution in [1.29, 1.82) is 0 Å². The maximum Gasteiger partial charge on any atom is 0.236 e. The first-order valence-corrected chi connectivity index (χ1v) is 9.60. The van der Waals surface area contributed by atoms with Gasteiger partial charge in [0.2, 0.25) is 5.91 Å². The molecule has 1 saturated heterocycles. The summed E-state index contributed by atoms with van der Waals surface area (Å²) < 4.78 is 11.2. The van der Waals surface area contributed by atoms with Gasteiger partial charge >= 0.3 is 0 Å². The largest absolute Gasteiger partial charge is 0.501 e. The molecule has 0 aromatic rings. The Morgan fingerprint density at radius 2 is 1.76 bits per heavy atom. The van der Waals surface area contributed by atoms with Crippen molar-refractivity contribution in [2.45, 2.75) is 40.0 Å². The highest BCUT2D eigenvalue weighted by atomic mass is 16.5. The molecule has 25 heavy (non-hydrogen) atoms. The Labute approximate surface area is 152 Å². The van der Waals surface area contributed by atoms with E-state index in [2.05, 4.69) is 25.7 Å². The third-order valence-electron chi connectivity index (χ3n) is 5.64. The molecule has 1 heterocycles. The molecule has 5 heteroatoms. The van der Waals surface area contributed by atoms with Gasteiger partial charge in [0.05, 0.1) is 25.6 Å². The van der Waals surface area contributed by atoms with E-state index < -0.39 is 5.41 Å². The Morgan fingerprint density at radius 3 is 2.24 bits per heavy atom. The Kier molecular flexibility index (Phi) is 6.94. The van der Waals surface area contributed by atoms with Crippen LogP contribution in [0.15, 0.2) is 23.7 Å². The van der Waals surface area contributed by atoms with Crippen molar-refractivity contribution in [3.8, 4) is 0 Å². The number of nitrogens with zero attached hydrogens (tertiary/aromatic N) is 2. The summed E-state index contributed by atoms with van der Waals surface area (Å²) in [5.74, 6) is 2.02. The standard InChI is InChI=1S/C20H34N2O3/c1-6-16-17(24-4)14-20(15-18(16)25-5)10-13-22(19(20)23)12-9-11-21(7-2)8-3/h14-16H,6-13H2,1-5H3. The van der Waals surface area contributed by atoms with Gasteiger partial charge in [-0.2, -0.15) is 0 Å². The Bertz CT molecular complexity index is 501. The van der Waals surface area contributed by atoms with Gasteiger partial charge < -0.3 is 19.3 Å². The van der Waals surface area contributed by atoms with E-state index in [1.165, 1.54) is 0 Å². The van der Waals surface area contributed by atoms with Crippen LogP contribution in [0.3, 0.4) is 0 Å². The van der Waals surface area contributed by atoms with Crippen LogP contribution < -0.4 is 0 Å². The van der Waals surface area contributed by atoms with Gasteiger partial charge in [-0.25, -0.2) is 0 Å². The lowest BCUT2D eigenvalue weighted by atomic mass is 9.77. The third kappa shape index (κ3) is 4.02. The molecule has 0 aromatic carbocycles. The molecule has 1 aliphatic carbocycles. The van der Waals surface area contributed by atoms with Crippen molar-refractivity contribution in [3.63, 3.8) is 0 Å². The zero-order valence-corrected chi connectivity index (χ0v) is 16.5. The second-order valence-corrected chi connectivity index (χ2v) is 6.93. The van der Waals surface area contributed by atoms with Gasteiger partial charge in [0.15, 0.2) is 0 Å². The molecule has 1 aliphatic heterocycles. The van der Waals surface area contributed by atoms with Gasteiger partial charge in [-0.15, -0.1) is 0 Å². The smallest absolute Gasteiger partial charge is 0.236 e. The fourth-order valence-corrected chi connectivity index (χ4v) is 4.02. The first kappa shape index (κ1) is 19.8. The zero-order chi connectivity index (χ0) is 18.4. The summed E-state index contributed by atoms with van der Waals surface area (Å²) in [5, 5.41) is 0. The van der Waals surface area contributed by atoms with Crippen molar-refractivity contribution in [2.75, 3.05) is 46.9 Å². The van der Waals surface area contributed by atoms with Gasteiger partial charge in [-0.05, 0) is 51.0 Å². The Balaban J connectivity index is 2.09. The van der Waals surface area contributed by atoms with E-state index in [0.717, 1.165) is 63.5 Å². The number of ether oxygens (including phenoxy) is 2. The minimum atomic E-state index is -0.586. The lowest BCUT2D eigenvalue weighted by Gasteiger charge is -2.32. The quantitative estimate of drug-likeness (QED) is 0.641. The van der Waals surface area contributed by atoms with E-state index in [0.29, 0.717) is 0 Å². The van der Waals surface area contributed by atoms with Crippen LogP contribution in [0, 0.1) is 11.3 Å². The number of methoxy groups -OCH3 is 2. The number of hydrogen-bond donors (Lipinski definition) is 0. The van der Waals surface area contributed by atoms with Crippen LogP contribution in [0.1, 0.15) is 40.0 Å². The molecule has 0 N–H and O–H groups in total. The summed E-state index contributed by atoms with van der Waals surface area (Å²) >= 11 is 0. The molecule has 1 fully saturated rings. The predicted octanol–water partition coefficient (Wildman–Crippen LogP) is 3.04. The number of carbonyl (C=O) groups is 1. The molecule has 2 aliphatic rings. The first-order chi connectivity index (χ1) is 12.0. The normalized spacial score (nSPS) is 26.2. The molecular formula is C20H34N2O3. The maximum absolute atomic E-state index is 13.1. The van der Waals surface area contributed by atoms with E-state index in [1.807, 2.05) is 17.1 Å². The van der Waals surface area contributed by atoms with E-state index in [1.54, 1.807) is 14.2 Å². The molecule has 5 nitrogen and oxygen atoms in total. The van der Waals surface area contributed by atoms with Gasteiger partial charge in [0.1, 0.15) is 11.5 Å². The second-order valence-electron chi connectivity index (χ2n) is 6.93. The van der Waals surface area contributed by atoms with E-state index in [9.17, 15) is 4.79 Å². The summed E-state index contributed by atoms with van der Waals surface area (Å²) in [4.78, 5) is 17.5. The van der Waals surface area contributed by atoms with Crippen molar-refractivity contribution >= 4 is 5.91 Å². The van der Waals surface area contributed by atoms with Crippen LogP contribution >= 0.6 is 0 Å². The minimum absolute atomic E-state index is 0.116. The fourth-order valence-electron chi connectivity index (χ4n) is 4.02. The first-order valence-electron chi connectivity index (χ1n) is 9.60. The highest BCUT2D eigenvalue weighted by molar-refractivity contribution is 5.89. The van der Waals surface area contributed by atoms with Crippen LogP contribution in [0.2, 0.25) is 0 Å². The van der Waals surface area contributed by atoms with E-state index in [-0.39, 0.29) is 11.8 Å². The number of likely N-dealkylation sites (tertiary alicyclic amines) is 1. The fraction of sp³-hybridized carbons (Fsp3) is 0.750. The monoisotopic (exact) mass is 350 g/mol. The highest BCUT2D eigenvalue weighted by Gasteiger charge is 2.47. The molecule has 0 saturated carbocycles. The Morgan fingerprint density at radius 1 is 1.16 bits per heavy atom. The number of hydrogen-bond acceptors (Lipinski definition) is 4. The average molecular weight is 351 g/mol. The lowest BCUT2D eigenvalue weighted by molar-refractivity contribution is -0.132. The molecule has 2 rings (SSSR count). The minimum Gasteiger partial charge on any atom is -0.501 e. The second kappa shape index (κ2) is 8.75. The number of carbonyl (C=O) groups excluding carboxylic acids is 1. The van der Waals surface area contributed by atoms with Crippen molar-refractivity contribution < 1.29 is 14.3 Å². The molecule has 1 amide bonds. The molecular weight excluding hydrogens is 316 g/mol. The zero-order valence-electron chi connectivity index (χ0n) is 16.5. The Hall–Kier alpha value is -1.49. The molecule has 0 aromatic heterocycles. The summed E-state index contributed by atoms with van der Waals surface area (Å²) in [6.07, 6.45) is 6.79. The van der Waals surface area contributed by atoms with Gasteiger partial charge in [-0.3, -0.25) is 4.79 Å². The van der Waals surface area contributed by atoms with E-state index >= 15 is 0 Å². The molecule has 0 radical (unpaired) electrons. The van der Waals surface area contributed by atoms with Crippen molar-refractivity contribution in [2.24, 2.45) is 11.3 Å². The van der Waals surface area contributed by atoms with Gasteiger partial charge in [-0.1, -0.05) is 20.8 Å². The van der Waals surface area contributed by atoms with Gasteiger partial charge in [0, 0.05) is 13.1 Å². The summed E-state index contributed by atoms with van der Waals surface area (Å²) in [5.41, 5.74) is -0.586. The van der Waals surface area contributed by atoms with E-state index in [4.69, 9.17) is 9.47 Å². The van der Waals surface area contributed by atoms with Crippen molar-refractivity contribution in [1.82, 2.24) is 9.80 Å². The lowest BCUT2D eigenvalue weighted by Crippen LogP contribution is -2.37. The molecule has 0 atom stereocenters. The predicted molar refractivity (Wildman–Crippen MR) is 100 cm³/mol. The molecule has 0 bridgehead atoms. The van der Waals surface area contributed by atoms with Gasteiger partial charge in [0.25, 0.3) is 0 Å². The molecule has 1 spiro atoms. The van der Waals surface area contributed by atoms with Crippen molar-refractivity contribution in [3.05, 3.63) is 23.7 Å². The highest BCUT2D eigenvalue weighted by Crippen LogP contribution is 2.44. The maximum atomic E-state index is 13.1. The number of rotatable bonds is 9. The molecule has 0 unspecified atom stereocenters. The topological polar surface area (TPSA) is 42.0 Å². The SMILES string of the molecule is CCC1C(OC)=CC2(C=C1OC)CCN(CCCN(CC)CC)C2=O. The van der Waals surface area contributed by atoms with Crippen LogP contribution in [0.5, 0.6) is 0 Å². The third-order valence-corrected chi connectivity index (χ3v) is 5.64. The average Bonchev–Trinajstić information content (AvgIpc) is 2.93. The summed E-state index contributed by atoms with van der Waals surface area (Å²) in [6.45, 7) is 11.3. The van der Waals surface area contributed by atoms with Crippen LogP contribution in [0.25, 0.3) is 0 Å². The van der Waals surface area contributed by atoms with Crippen LogP contribution in [-0.4, -0.2) is 62.7 Å². The molecule has 142 valence electrons. The number of amides is 1. The summed E-state index contributed by atoms with van der Waals surface area (Å²) in [6, 6.07) is 0. The van der Waals surface area contributed by atoms with Crippen LogP contribution in [0.4, 0.5) is 0 Å². The summed E-state index contributed by atoms with van der Waals surface area (Å²) in [7, 11) is 3.37.